The van der Waals surface area contributed by atoms with E-state index in [1.807, 2.05) is 4.90 Å². The molecule has 0 unspecified atom stereocenters. The molecule has 1 heterocycles. The average Bonchev–Trinajstić information content (AvgIpc) is 2.59. The molecule has 1 amide bonds. The molecular weight excluding hydrogens is 378 g/mol. The van der Waals surface area contributed by atoms with E-state index in [2.05, 4.69) is 44.7 Å². The maximum Gasteiger partial charge on any atom is 0.387 e. The summed E-state index contributed by atoms with van der Waals surface area (Å²) < 4.78 is 34.8. The lowest BCUT2D eigenvalue weighted by Gasteiger charge is -2.49. The van der Waals surface area contributed by atoms with Crippen LogP contribution in [0.5, 0.6) is 11.5 Å². The quantitative estimate of drug-likeness (QED) is 0.663. The van der Waals surface area contributed by atoms with E-state index in [0.29, 0.717) is 12.1 Å². The van der Waals surface area contributed by atoms with Gasteiger partial charge < -0.3 is 19.7 Å². The molecule has 1 aromatic carbocycles. The number of amides is 1. The second-order valence-electron chi connectivity index (χ2n) is 9.05. The Kier molecular flexibility index (Phi) is 7.49. The Hall–Kier alpha value is -1.89. The highest BCUT2D eigenvalue weighted by Crippen LogP contribution is 2.34. The number of nitrogens with one attached hydrogen (secondary N) is 1. The third-order valence-electron chi connectivity index (χ3n) is 5.25. The van der Waals surface area contributed by atoms with Gasteiger partial charge in [0.15, 0.2) is 11.5 Å². The first-order chi connectivity index (χ1) is 13.5. The summed E-state index contributed by atoms with van der Waals surface area (Å²) in [5.41, 5.74) is 0.224. The molecule has 5 nitrogen and oxygen atoms in total. The molecule has 1 N–H and O–H groups in total. The van der Waals surface area contributed by atoms with Gasteiger partial charge in [-0.1, -0.05) is 13.3 Å². The number of unbranched alkanes of at least 4 members (excludes halogenated alkanes) is 1. The third kappa shape index (κ3) is 6.29. The van der Waals surface area contributed by atoms with Crippen LogP contribution in [0, 0.1) is 0 Å². The fourth-order valence-electron chi connectivity index (χ4n) is 4.43. The molecule has 2 rings (SSSR count). The number of nitrogens with zero attached hydrogens (tertiary/aromatic N) is 1. The fourth-order valence-corrected chi connectivity index (χ4v) is 4.43. The molecule has 1 aromatic rings. The van der Waals surface area contributed by atoms with Gasteiger partial charge in [-0.25, -0.2) is 0 Å². The summed E-state index contributed by atoms with van der Waals surface area (Å²) in [5, 5.41) is 3.65. The van der Waals surface area contributed by atoms with Gasteiger partial charge in [-0.15, -0.1) is 0 Å². The molecule has 1 saturated heterocycles. The minimum absolute atomic E-state index is 0.0803. The zero-order valence-electron chi connectivity index (χ0n) is 18.4. The lowest BCUT2D eigenvalue weighted by molar-refractivity contribution is -0.0512. The molecule has 0 aliphatic carbocycles. The van der Waals surface area contributed by atoms with Crippen LogP contribution in [0.2, 0.25) is 0 Å². The van der Waals surface area contributed by atoms with Gasteiger partial charge in [0.05, 0.1) is 7.11 Å². The van der Waals surface area contributed by atoms with Crippen LogP contribution in [0.1, 0.15) is 70.7 Å². The second-order valence-corrected chi connectivity index (χ2v) is 9.05. The van der Waals surface area contributed by atoms with Gasteiger partial charge in [0, 0.05) is 29.2 Å². The molecule has 0 aromatic heterocycles. The van der Waals surface area contributed by atoms with E-state index >= 15 is 0 Å². The van der Waals surface area contributed by atoms with E-state index in [9.17, 15) is 13.6 Å². The third-order valence-corrected chi connectivity index (χ3v) is 5.25. The van der Waals surface area contributed by atoms with Crippen LogP contribution in [0.25, 0.3) is 0 Å². The second kappa shape index (κ2) is 9.28. The van der Waals surface area contributed by atoms with E-state index < -0.39 is 6.61 Å². The molecule has 1 aliphatic rings. The molecule has 0 atom stereocenters. The number of hydrogen-bond donors (Lipinski definition) is 1. The van der Waals surface area contributed by atoms with E-state index in [-0.39, 0.29) is 34.5 Å². The smallest absolute Gasteiger partial charge is 0.387 e. The van der Waals surface area contributed by atoms with Gasteiger partial charge in [0.1, 0.15) is 0 Å². The van der Waals surface area contributed by atoms with Crippen molar-refractivity contribution in [3.63, 3.8) is 0 Å². The van der Waals surface area contributed by atoms with Crippen molar-refractivity contribution in [3.8, 4) is 11.5 Å². The van der Waals surface area contributed by atoms with Crippen LogP contribution >= 0.6 is 0 Å². The van der Waals surface area contributed by atoms with Crippen LogP contribution in [0.15, 0.2) is 18.2 Å². The van der Waals surface area contributed by atoms with E-state index in [0.717, 1.165) is 25.7 Å². The van der Waals surface area contributed by atoms with Crippen molar-refractivity contribution < 1.29 is 23.0 Å². The maximum atomic E-state index is 13.4. The van der Waals surface area contributed by atoms with Crippen LogP contribution < -0.4 is 14.8 Å². The monoisotopic (exact) mass is 412 g/mol. The molecule has 0 radical (unpaired) electrons. The zero-order chi connectivity index (χ0) is 21.8. The minimum atomic E-state index is -2.95. The highest BCUT2D eigenvalue weighted by Gasteiger charge is 2.41. The summed E-state index contributed by atoms with van der Waals surface area (Å²) >= 11 is 0. The molecule has 0 saturated carbocycles. The lowest BCUT2D eigenvalue weighted by atomic mass is 9.78. The summed E-state index contributed by atoms with van der Waals surface area (Å²) in [6, 6.07) is 4.46. The van der Waals surface area contributed by atoms with Crippen LogP contribution in [-0.4, -0.2) is 48.2 Å². The number of rotatable bonds is 8. The fraction of sp³-hybridized carbons (Fsp3) is 0.682. The predicted octanol–water partition coefficient (Wildman–Crippen LogP) is 4.85. The van der Waals surface area contributed by atoms with Crippen LogP contribution in [0.4, 0.5) is 8.78 Å². The zero-order valence-corrected chi connectivity index (χ0v) is 18.4. The number of benzene rings is 1. The van der Waals surface area contributed by atoms with Crippen molar-refractivity contribution in [1.29, 1.82) is 0 Å². The first kappa shape index (κ1) is 23.4. The number of alkyl halides is 2. The van der Waals surface area contributed by atoms with Crippen molar-refractivity contribution in [2.75, 3.05) is 13.7 Å². The van der Waals surface area contributed by atoms with Gasteiger partial charge >= 0.3 is 6.61 Å². The van der Waals surface area contributed by atoms with Crippen molar-refractivity contribution in [2.45, 2.75) is 84.0 Å². The van der Waals surface area contributed by atoms with E-state index in [1.54, 1.807) is 0 Å². The Morgan fingerprint density at radius 1 is 1.21 bits per heavy atom. The van der Waals surface area contributed by atoms with Crippen LogP contribution in [0.3, 0.4) is 0 Å². The molecule has 7 heteroatoms. The summed E-state index contributed by atoms with van der Waals surface area (Å²) in [6.07, 6.45) is 3.57. The topological polar surface area (TPSA) is 50.8 Å². The Bertz CT molecular complexity index is 691. The number of carbonyl (C=O) groups is 1. The Labute approximate surface area is 172 Å². The van der Waals surface area contributed by atoms with E-state index in [4.69, 9.17) is 4.74 Å². The number of hydrogen-bond acceptors (Lipinski definition) is 4. The minimum Gasteiger partial charge on any atom is -0.493 e. The van der Waals surface area contributed by atoms with Gasteiger partial charge in [-0.05, 0) is 65.2 Å². The Morgan fingerprint density at radius 2 is 1.83 bits per heavy atom. The molecular formula is C22H34F2N2O3. The van der Waals surface area contributed by atoms with Gasteiger partial charge in [0.2, 0.25) is 0 Å². The molecule has 164 valence electrons. The Morgan fingerprint density at radius 3 is 2.34 bits per heavy atom. The highest BCUT2D eigenvalue weighted by atomic mass is 19.3. The molecule has 1 aliphatic heterocycles. The highest BCUT2D eigenvalue weighted by molar-refractivity contribution is 5.95. The molecule has 0 spiro atoms. The molecule has 29 heavy (non-hydrogen) atoms. The summed E-state index contributed by atoms with van der Waals surface area (Å²) in [4.78, 5) is 15.4. The molecule has 1 fully saturated rings. The first-order valence-electron chi connectivity index (χ1n) is 10.2. The standard InChI is InChI=1S/C22H34F2N2O3/c1-7-8-11-26(16-13-21(2,3)25-22(4,5)14-16)19(27)15-9-10-17(29-20(23)24)18(12-15)28-6/h9-10,12,16,20,25H,7-8,11,13-14H2,1-6H3. The summed E-state index contributed by atoms with van der Waals surface area (Å²) in [6.45, 7) is 8.42. The van der Waals surface area contributed by atoms with Crippen molar-refractivity contribution >= 4 is 5.91 Å². The summed E-state index contributed by atoms with van der Waals surface area (Å²) in [7, 11) is 1.37. The number of halogens is 2. The first-order valence-corrected chi connectivity index (χ1v) is 10.2. The maximum absolute atomic E-state index is 13.4. The predicted molar refractivity (Wildman–Crippen MR) is 110 cm³/mol. The largest absolute Gasteiger partial charge is 0.493 e. The van der Waals surface area contributed by atoms with Gasteiger partial charge in [-0.2, -0.15) is 8.78 Å². The number of carbonyl (C=O) groups excluding carboxylic acids is 1. The summed E-state index contributed by atoms with van der Waals surface area (Å²) in [5.74, 6) is -0.0697. The van der Waals surface area contributed by atoms with Gasteiger partial charge in [-0.3, -0.25) is 4.79 Å². The van der Waals surface area contributed by atoms with Crippen molar-refractivity contribution in [1.82, 2.24) is 10.2 Å². The van der Waals surface area contributed by atoms with Crippen molar-refractivity contribution in [3.05, 3.63) is 23.8 Å². The normalized spacial score (nSPS) is 18.5. The lowest BCUT2D eigenvalue weighted by Crippen LogP contribution is -2.62. The van der Waals surface area contributed by atoms with E-state index in [1.165, 1.54) is 25.3 Å². The molecule has 0 bridgehead atoms. The number of piperidine rings is 1. The Balaban J connectivity index is 2.33. The SMILES string of the molecule is CCCCN(C(=O)c1ccc(OC(F)F)c(OC)c1)C1CC(C)(C)NC(C)(C)C1. The number of ether oxygens (including phenoxy) is 2. The van der Waals surface area contributed by atoms with Crippen molar-refractivity contribution in [2.24, 2.45) is 0 Å². The van der Waals surface area contributed by atoms with Gasteiger partial charge in [0.25, 0.3) is 5.91 Å². The van der Waals surface area contributed by atoms with Crippen LogP contribution in [-0.2, 0) is 0 Å². The average molecular weight is 413 g/mol. The number of methoxy groups -OCH3 is 1.